The van der Waals surface area contributed by atoms with Crippen LogP contribution in [0.3, 0.4) is 0 Å². The summed E-state index contributed by atoms with van der Waals surface area (Å²) in [6.07, 6.45) is 0. The normalized spacial score (nSPS) is 8.89. The summed E-state index contributed by atoms with van der Waals surface area (Å²) in [6.45, 7) is 11.1. The Hall–Kier alpha value is -1.23. The summed E-state index contributed by atoms with van der Waals surface area (Å²) in [7, 11) is 9.25. The number of halogens is 2. The molecule has 0 bridgehead atoms. The summed E-state index contributed by atoms with van der Waals surface area (Å²) in [6, 6.07) is 30.5. The van der Waals surface area contributed by atoms with Gasteiger partial charge in [-0.05, 0) is 30.8 Å². The summed E-state index contributed by atoms with van der Waals surface area (Å²) >= 11 is -0.346. The fraction of sp³-hybridized carbons (Fsp3) is 0.0476. The molecule has 140 valence electrons. The average Bonchev–Trinajstić information content (AvgIpc) is 2.75. The molecule has 0 aliphatic heterocycles. The van der Waals surface area contributed by atoms with E-state index in [0.29, 0.717) is 0 Å². The van der Waals surface area contributed by atoms with Crippen molar-refractivity contribution in [1.29, 1.82) is 0 Å². The zero-order valence-corrected chi connectivity index (χ0v) is 18.6. The molecular weight excluding hydrogens is 487 g/mol. The van der Waals surface area contributed by atoms with Crippen LogP contribution in [0.25, 0.3) is 0 Å². The number of aryl methyl sites for hydroxylation is 1. The summed E-state index contributed by atoms with van der Waals surface area (Å²) in [5, 5.41) is 4.21. The van der Waals surface area contributed by atoms with Crippen molar-refractivity contribution in [2.24, 2.45) is 0 Å². The second kappa shape index (κ2) is 16.9. The fourth-order valence-electron chi connectivity index (χ4n) is 2.30. The van der Waals surface area contributed by atoms with Gasteiger partial charge in [-0.2, -0.15) is 0 Å². The minimum atomic E-state index is -0.458. The maximum absolute atomic E-state index is 7.50. The molecule has 0 aliphatic carbocycles. The summed E-state index contributed by atoms with van der Waals surface area (Å²) in [4.78, 5) is 0. The van der Waals surface area contributed by atoms with Gasteiger partial charge in [-0.25, -0.2) is 0 Å². The SMILES string of the molecule is Cc1ccc(P(c2ccccc2)c2ccccc2)cc1.[C-]#[O+].[C-]#[O+].[Cl][Ru][Cl]. The average molecular weight is 504 g/mol. The minimum absolute atomic E-state index is 0.346. The van der Waals surface area contributed by atoms with Crippen LogP contribution in [0.4, 0.5) is 0 Å². The van der Waals surface area contributed by atoms with Crippen molar-refractivity contribution in [2.75, 3.05) is 0 Å². The van der Waals surface area contributed by atoms with Gasteiger partial charge in [-0.1, -0.05) is 90.5 Å². The Balaban J connectivity index is 0.000000860. The molecule has 0 heterocycles. The van der Waals surface area contributed by atoms with Crippen LogP contribution in [0.2, 0.25) is 0 Å². The summed E-state index contributed by atoms with van der Waals surface area (Å²) in [5.41, 5.74) is 1.31. The molecule has 0 aromatic heterocycles. The topological polar surface area (TPSA) is 39.8 Å². The molecule has 0 amide bonds. The van der Waals surface area contributed by atoms with Crippen molar-refractivity contribution in [3.05, 3.63) is 104 Å². The Labute approximate surface area is 177 Å². The third-order valence-electron chi connectivity index (χ3n) is 3.32. The van der Waals surface area contributed by atoms with Gasteiger partial charge in [0.25, 0.3) is 0 Å². The first-order valence-electron chi connectivity index (χ1n) is 7.49. The van der Waals surface area contributed by atoms with Crippen molar-refractivity contribution in [2.45, 2.75) is 6.92 Å². The van der Waals surface area contributed by atoms with Crippen LogP contribution < -0.4 is 15.9 Å². The van der Waals surface area contributed by atoms with Crippen molar-refractivity contribution in [3.8, 4) is 0 Å². The molecule has 0 atom stereocenters. The monoisotopic (exact) mass is 504 g/mol. The first-order valence-corrected chi connectivity index (χ1v) is 13.3. The van der Waals surface area contributed by atoms with Crippen LogP contribution in [0, 0.1) is 20.2 Å². The molecule has 3 rings (SSSR count). The second-order valence-electron chi connectivity index (χ2n) is 4.89. The number of hydrogen-bond donors (Lipinski definition) is 0. The third kappa shape index (κ3) is 9.50. The van der Waals surface area contributed by atoms with E-state index in [9.17, 15) is 0 Å². The molecule has 0 spiro atoms. The van der Waals surface area contributed by atoms with Gasteiger partial charge < -0.3 is 0 Å². The van der Waals surface area contributed by atoms with E-state index in [1.54, 1.807) is 0 Å². The van der Waals surface area contributed by atoms with Gasteiger partial charge in [0.2, 0.25) is 0 Å². The van der Waals surface area contributed by atoms with Crippen molar-refractivity contribution in [1.82, 2.24) is 0 Å². The predicted octanol–water partition coefficient (Wildman–Crippen LogP) is 5.05. The van der Waals surface area contributed by atoms with Gasteiger partial charge in [0.1, 0.15) is 0 Å². The molecule has 3 aromatic rings. The van der Waals surface area contributed by atoms with Crippen LogP contribution in [0.1, 0.15) is 5.56 Å². The molecule has 0 radical (unpaired) electrons. The standard InChI is InChI=1S/C19H17P.2CO.2ClH.Ru/c1-16-12-14-19(15-13-16)20(17-8-4-2-5-9-17)18-10-6-3-7-11-18;2*1-2;;;/h2-15H,1H3;;;2*1H;/q;;;;;+2/p-2. The van der Waals surface area contributed by atoms with E-state index in [2.05, 4.69) is 105 Å². The summed E-state index contributed by atoms with van der Waals surface area (Å²) in [5.74, 6) is 0. The molecule has 3 aromatic carbocycles. The van der Waals surface area contributed by atoms with E-state index in [-0.39, 0.29) is 15.1 Å². The fourth-order valence-corrected chi connectivity index (χ4v) is 4.58. The molecule has 0 aliphatic rings. The molecule has 0 N–H and O–H groups in total. The summed E-state index contributed by atoms with van der Waals surface area (Å²) < 4.78 is 15.0. The first kappa shape index (κ1) is 25.8. The molecule has 27 heavy (non-hydrogen) atoms. The van der Waals surface area contributed by atoms with Gasteiger partial charge >= 0.3 is 57.1 Å². The van der Waals surface area contributed by atoms with Crippen LogP contribution in [-0.4, -0.2) is 0 Å². The van der Waals surface area contributed by atoms with Crippen LogP contribution in [0.15, 0.2) is 84.9 Å². The molecule has 0 saturated heterocycles. The van der Waals surface area contributed by atoms with E-state index in [0.717, 1.165) is 0 Å². The van der Waals surface area contributed by atoms with Crippen molar-refractivity contribution in [3.63, 3.8) is 0 Å². The van der Waals surface area contributed by atoms with Gasteiger partial charge in [-0.15, -0.1) is 0 Å². The van der Waals surface area contributed by atoms with Gasteiger partial charge in [0.05, 0.1) is 0 Å². The van der Waals surface area contributed by atoms with E-state index < -0.39 is 7.92 Å². The maximum atomic E-state index is 7.50. The predicted molar refractivity (Wildman–Crippen MR) is 109 cm³/mol. The molecule has 0 saturated carbocycles. The van der Waals surface area contributed by atoms with Crippen LogP contribution in [0.5, 0.6) is 0 Å². The van der Waals surface area contributed by atoms with Gasteiger partial charge in [0.15, 0.2) is 0 Å². The Morgan fingerprint density at radius 3 is 1.26 bits per heavy atom. The zero-order valence-electron chi connectivity index (χ0n) is 14.5. The Morgan fingerprint density at radius 2 is 0.926 bits per heavy atom. The number of benzene rings is 3. The molecule has 6 heteroatoms. The van der Waals surface area contributed by atoms with Crippen LogP contribution >= 0.6 is 27.3 Å². The first-order chi connectivity index (χ1) is 13.3. The number of hydrogen-bond acceptors (Lipinski definition) is 0. The molecule has 0 unspecified atom stereocenters. The second-order valence-corrected chi connectivity index (χ2v) is 9.75. The third-order valence-corrected chi connectivity index (χ3v) is 5.76. The molecular formula is C21H17Cl2O2PRu. The Bertz CT molecular complexity index is 733. The van der Waals surface area contributed by atoms with Gasteiger partial charge in [0, 0.05) is 0 Å². The van der Waals surface area contributed by atoms with E-state index in [4.69, 9.17) is 28.7 Å². The van der Waals surface area contributed by atoms with Crippen molar-refractivity contribution < 1.29 is 24.4 Å². The van der Waals surface area contributed by atoms with E-state index in [1.165, 1.54) is 21.5 Å². The molecule has 2 nitrogen and oxygen atoms in total. The van der Waals surface area contributed by atoms with E-state index >= 15 is 0 Å². The quantitative estimate of drug-likeness (QED) is 0.207. The van der Waals surface area contributed by atoms with Gasteiger partial charge in [-0.3, -0.25) is 0 Å². The molecule has 0 fully saturated rings. The van der Waals surface area contributed by atoms with Crippen LogP contribution in [-0.2, 0) is 24.4 Å². The zero-order chi connectivity index (χ0) is 20.5. The van der Waals surface area contributed by atoms with E-state index in [1.807, 2.05) is 0 Å². The number of rotatable bonds is 3. The Morgan fingerprint density at radius 1 is 0.630 bits per heavy atom. The Kier molecular flexibility index (Phi) is 16.1. The van der Waals surface area contributed by atoms with Crippen molar-refractivity contribution >= 4 is 43.2 Å².